The normalized spacial score (nSPS) is 11.2. The molecule has 0 aromatic heterocycles. The number of nitrogens with one attached hydrogen (secondary N) is 2. The number of carboxylic acids is 1. The number of benzene rings is 3. The van der Waals surface area contributed by atoms with Gasteiger partial charge in [0.15, 0.2) is 6.04 Å². The van der Waals surface area contributed by atoms with Gasteiger partial charge in [0, 0.05) is 5.69 Å². The van der Waals surface area contributed by atoms with Crippen LogP contribution in [0.4, 0.5) is 14.9 Å². The number of ether oxygens (including phenoxy) is 2. The molecule has 0 heterocycles. The highest BCUT2D eigenvalue weighted by Crippen LogP contribution is 2.12. The van der Waals surface area contributed by atoms with Crippen LogP contribution in [0, 0.1) is 5.82 Å². The molecule has 34 heavy (non-hydrogen) atoms. The van der Waals surface area contributed by atoms with Gasteiger partial charge in [0.25, 0.3) is 0 Å². The largest absolute Gasteiger partial charge is 0.491 e. The van der Waals surface area contributed by atoms with E-state index in [1.165, 1.54) is 12.1 Å². The Morgan fingerprint density at radius 1 is 0.882 bits per heavy atom. The van der Waals surface area contributed by atoms with Gasteiger partial charge < -0.3 is 25.2 Å². The predicted molar refractivity (Wildman–Crippen MR) is 122 cm³/mol. The summed E-state index contributed by atoms with van der Waals surface area (Å²) >= 11 is 0. The molecule has 3 aromatic rings. The van der Waals surface area contributed by atoms with Crippen molar-refractivity contribution >= 4 is 23.7 Å². The number of para-hydroxylation sites is 1. The molecule has 0 fully saturated rings. The van der Waals surface area contributed by atoms with Crippen LogP contribution >= 0.6 is 0 Å². The van der Waals surface area contributed by atoms with Crippen LogP contribution < -0.4 is 15.4 Å². The molecule has 0 aliphatic heterocycles. The van der Waals surface area contributed by atoms with Gasteiger partial charge >= 0.3 is 12.1 Å². The standard InChI is InChI=1S/C25H23FN2O6/c26-19-10-6-17(7-11-19)14-23(29)27-20-12-8-18(9-13-20)15-34-25(32)28-22(24(30)31)16-33-21-4-2-1-3-5-21/h1-13,22H,14-16H2,(H,27,29)(H,28,32)(H,30,31)/t22-/m1/s1. The fourth-order valence-electron chi connectivity index (χ4n) is 2.88. The lowest BCUT2D eigenvalue weighted by atomic mass is 10.1. The third kappa shape index (κ3) is 7.94. The average molecular weight is 466 g/mol. The van der Waals surface area contributed by atoms with Crippen molar-refractivity contribution in [1.29, 1.82) is 0 Å². The molecule has 3 rings (SSSR count). The van der Waals surface area contributed by atoms with Crippen LogP contribution in [0.3, 0.4) is 0 Å². The highest BCUT2D eigenvalue weighted by atomic mass is 19.1. The molecule has 0 radical (unpaired) electrons. The van der Waals surface area contributed by atoms with E-state index < -0.39 is 18.1 Å². The van der Waals surface area contributed by atoms with Crippen molar-refractivity contribution in [1.82, 2.24) is 5.32 Å². The molecular formula is C25H23FN2O6. The van der Waals surface area contributed by atoms with Gasteiger partial charge in [0.1, 0.15) is 24.8 Å². The van der Waals surface area contributed by atoms with Gasteiger partial charge in [0.2, 0.25) is 5.91 Å². The molecule has 8 nitrogen and oxygen atoms in total. The molecule has 0 aliphatic carbocycles. The van der Waals surface area contributed by atoms with Gasteiger partial charge in [0.05, 0.1) is 6.42 Å². The van der Waals surface area contributed by atoms with E-state index in [2.05, 4.69) is 10.6 Å². The molecule has 0 aliphatic rings. The van der Waals surface area contributed by atoms with E-state index in [0.29, 0.717) is 22.6 Å². The number of hydrogen-bond acceptors (Lipinski definition) is 5. The lowest BCUT2D eigenvalue weighted by molar-refractivity contribution is -0.140. The Morgan fingerprint density at radius 3 is 2.18 bits per heavy atom. The van der Waals surface area contributed by atoms with E-state index in [-0.39, 0.29) is 31.4 Å². The monoisotopic (exact) mass is 466 g/mol. The number of carboxylic acid groups (broad SMARTS) is 1. The maximum atomic E-state index is 13.0. The summed E-state index contributed by atoms with van der Waals surface area (Å²) in [5, 5.41) is 14.3. The van der Waals surface area contributed by atoms with Gasteiger partial charge in [-0.25, -0.2) is 14.0 Å². The van der Waals surface area contributed by atoms with Crippen LogP contribution in [0.1, 0.15) is 11.1 Å². The maximum Gasteiger partial charge on any atom is 0.408 e. The lowest BCUT2D eigenvalue weighted by Gasteiger charge is -2.15. The summed E-state index contributed by atoms with van der Waals surface area (Å²) in [5.41, 5.74) is 1.87. The highest BCUT2D eigenvalue weighted by Gasteiger charge is 2.21. The quantitative estimate of drug-likeness (QED) is 0.419. The Labute approximate surface area is 195 Å². The first-order chi connectivity index (χ1) is 16.4. The third-order valence-electron chi connectivity index (χ3n) is 4.64. The second-order valence-corrected chi connectivity index (χ2v) is 7.28. The Morgan fingerprint density at radius 2 is 1.53 bits per heavy atom. The van der Waals surface area contributed by atoms with Crippen molar-refractivity contribution in [2.45, 2.75) is 19.1 Å². The molecular weight excluding hydrogens is 443 g/mol. The molecule has 3 N–H and O–H groups in total. The van der Waals surface area contributed by atoms with Crippen molar-refractivity contribution in [3.63, 3.8) is 0 Å². The van der Waals surface area contributed by atoms with Crippen LogP contribution in [0.5, 0.6) is 5.75 Å². The molecule has 0 unspecified atom stereocenters. The van der Waals surface area contributed by atoms with Crippen molar-refractivity contribution < 1.29 is 33.4 Å². The molecule has 0 saturated heterocycles. The Balaban J connectivity index is 1.43. The van der Waals surface area contributed by atoms with Crippen molar-refractivity contribution in [3.05, 3.63) is 95.8 Å². The van der Waals surface area contributed by atoms with Crippen molar-refractivity contribution in [2.24, 2.45) is 0 Å². The minimum absolute atomic E-state index is 0.0957. The smallest absolute Gasteiger partial charge is 0.408 e. The zero-order valence-electron chi connectivity index (χ0n) is 18.1. The minimum atomic E-state index is -1.29. The SMILES string of the molecule is O=C(Cc1ccc(F)cc1)Nc1ccc(COC(=O)N[C@H](COc2ccccc2)C(=O)O)cc1. The van der Waals surface area contributed by atoms with Crippen LogP contribution in [0.25, 0.3) is 0 Å². The first-order valence-corrected chi connectivity index (χ1v) is 10.4. The fraction of sp³-hybridized carbons (Fsp3) is 0.160. The summed E-state index contributed by atoms with van der Waals surface area (Å²) in [6.07, 6.45) is -0.801. The molecule has 3 aromatic carbocycles. The van der Waals surface area contributed by atoms with E-state index in [0.717, 1.165) is 0 Å². The number of halogens is 1. The first-order valence-electron chi connectivity index (χ1n) is 10.4. The summed E-state index contributed by atoms with van der Waals surface area (Å²) in [7, 11) is 0. The number of rotatable bonds is 10. The molecule has 2 amide bonds. The second-order valence-electron chi connectivity index (χ2n) is 7.28. The van der Waals surface area contributed by atoms with E-state index >= 15 is 0 Å². The van der Waals surface area contributed by atoms with Gasteiger partial charge in [-0.2, -0.15) is 0 Å². The van der Waals surface area contributed by atoms with Crippen LogP contribution in [-0.4, -0.2) is 35.7 Å². The summed E-state index contributed by atoms with van der Waals surface area (Å²) in [6.45, 7) is -0.359. The van der Waals surface area contributed by atoms with Crippen molar-refractivity contribution in [3.8, 4) is 5.75 Å². The van der Waals surface area contributed by atoms with Crippen molar-refractivity contribution in [2.75, 3.05) is 11.9 Å². The van der Waals surface area contributed by atoms with Crippen LogP contribution in [-0.2, 0) is 27.4 Å². The number of anilines is 1. The zero-order valence-corrected chi connectivity index (χ0v) is 18.1. The molecule has 0 bridgehead atoms. The molecule has 176 valence electrons. The number of amides is 2. The molecule has 0 spiro atoms. The fourth-order valence-corrected chi connectivity index (χ4v) is 2.88. The van der Waals surface area contributed by atoms with Gasteiger partial charge in [-0.05, 0) is 47.5 Å². The van der Waals surface area contributed by atoms with E-state index in [9.17, 15) is 23.9 Å². The highest BCUT2D eigenvalue weighted by molar-refractivity contribution is 5.92. The van der Waals surface area contributed by atoms with E-state index in [4.69, 9.17) is 9.47 Å². The average Bonchev–Trinajstić information content (AvgIpc) is 2.83. The van der Waals surface area contributed by atoms with E-state index in [1.54, 1.807) is 66.7 Å². The summed E-state index contributed by atoms with van der Waals surface area (Å²) in [5.74, 6) is -1.40. The van der Waals surface area contributed by atoms with Crippen LogP contribution in [0.2, 0.25) is 0 Å². The number of alkyl carbamates (subject to hydrolysis) is 1. The first kappa shape index (κ1) is 24.2. The molecule has 1 atom stereocenters. The minimum Gasteiger partial charge on any atom is -0.491 e. The number of carbonyl (C=O) groups excluding carboxylic acids is 2. The lowest BCUT2D eigenvalue weighted by Crippen LogP contribution is -2.45. The topological polar surface area (TPSA) is 114 Å². The van der Waals surface area contributed by atoms with Gasteiger partial charge in [-0.15, -0.1) is 0 Å². The Hall–Kier alpha value is -4.40. The predicted octanol–water partition coefficient (Wildman–Crippen LogP) is 3.77. The Kier molecular flexibility index (Phi) is 8.56. The zero-order chi connectivity index (χ0) is 24.3. The van der Waals surface area contributed by atoms with E-state index in [1.807, 2.05) is 0 Å². The number of carbonyl (C=O) groups is 3. The maximum absolute atomic E-state index is 13.0. The second kappa shape index (κ2) is 12.0. The Bertz CT molecular complexity index is 1100. The number of hydrogen-bond donors (Lipinski definition) is 3. The molecule has 0 saturated carbocycles. The third-order valence-corrected chi connectivity index (χ3v) is 4.64. The van der Waals surface area contributed by atoms with Gasteiger partial charge in [-0.1, -0.05) is 42.5 Å². The van der Waals surface area contributed by atoms with Crippen LogP contribution in [0.15, 0.2) is 78.9 Å². The summed E-state index contributed by atoms with van der Waals surface area (Å²) in [4.78, 5) is 35.5. The molecule has 9 heteroatoms. The number of aliphatic carboxylic acids is 1. The summed E-state index contributed by atoms with van der Waals surface area (Å²) < 4.78 is 23.4. The summed E-state index contributed by atoms with van der Waals surface area (Å²) in [6, 6.07) is 19.6. The van der Waals surface area contributed by atoms with Gasteiger partial charge in [-0.3, -0.25) is 4.79 Å².